The number of Topliss-reactive ketones (excluding diaryl/α,β-unsaturated/α-hetero) is 2. The Morgan fingerprint density at radius 1 is 1.10 bits per heavy atom. The van der Waals surface area contributed by atoms with E-state index in [4.69, 9.17) is 10.5 Å². The van der Waals surface area contributed by atoms with Crippen molar-refractivity contribution in [3.8, 4) is 5.75 Å². The maximum atomic E-state index is 13.6. The minimum Gasteiger partial charge on any atom is -0.435 e. The molecule has 3 rings (SSSR count). The van der Waals surface area contributed by atoms with Crippen molar-refractivity contribution < 1.29 is 45.9 Å². The van der Waals surface area contributed by atoms with Crippen LogP contribution in [0.5, 0.6) is 5.75 Å². The summed E-state index contributed by atoms with van der Waals surface area (Å²) in [6.45, 7) is -0.780. The summed E-state index contributed by atoms with van der Waals surface area (Å²) in [5, 5.41) is 2.46. The SMILES string of the molecule is CC(C)(NC(=O)C(CS(=O)(=O)Cc1ccccc1OC(F)F)C1COCCN1C(N)=O)C(=O)C(=O)c1ccccc1. The number of alkyl halides is 2. The van der Waals surface area contributed by atoms with Gasteiger partial charge in [-0.3, -0.25) is 14.4 Å². The molecule has 1 aliphatic rings. The van der Waals surface area contributed by atoms with Crippen LogP contribution >= 0.6 is 0 Å². The number of benzene rings is 2. The number of primary amides is 1. The Kier molecular flexibility index (Phi) is 10.2. The summed E-state index contributed by atoms with van der Waals surface area (Å²) < 4.78 is 62.2. The lowest BCUT2D eigenvalue weighted by molar-refractivity contribution is -0.133. The molecule has 11 nitrogen and oxygen atoms in total. The van der Waals surface area contributed by atoms with E-state index in [1.165, 1.54) is 50.2 Å². The van der Waals surface area contributed by atoms with E-state index in [9.17, 15) is 36.4 Å². The molecule has 2 unspecified atom stereocenters. The molecular formula is C27H31F2N3O8S. The Balaban J connectivity index is 1.91. The highest BCUT2D eigenvalue weighted by atomic mass is 32.2. The fraction of sp³-hybridized carbons (Fsp3) is 0.407. The van der Waals surface area contributed by atoms with Crippen molar-refractivity contribution in [1.82, 2.24) is 10.2 Å². The lowest BCUT2D eigenvalue weighted by atomic mass is 9.90. The monoisotopic (exact) mass is 595 g/mol. The average molecular weight is 596 g/mol. The molecule has 0 aliphatic carbocycles. The molecule has 0 saturated carbocycles. The Morgan fingerprint density at radius 2 is 1.73 bits per heavy atom. The number of carbonyl (C=O) groups excluding carboxylic acids is 4. The number of rotatable bonds is 12. The minimum absolute atomic E-state index is 0.0241. The number of nitrogens with zero attached hydrogens (tertiary/aromatic N) is 1. The second-order valence-corrected chi connectivity index (χ2v) is 12.1. The quantitative estimate of drug-likeness (QED) is 0.278. The first-order valence-corrected chi connectivity index (χ1v) is 14.4. The summed E-state index contributed by atoms with van der Waals surface area (Å²) in [6.07, 6.45) is 0. The number of ether oxygens (including phenoxy) is 2. The first kappa shape index (κ1) is 31.6. The van der Waals surface area contributed by atoms with Crippen molar-refractivity contribution >= 4 is 33.3 Å². The Morgan fingerprint density at radius 3 is 2.37 bits per heavy atom. The summed E-state index contributed by atoms with van der Waals surface area (Å²) in [5.74, 6) is -6.26. The molecule has 0 aromatic heterocycles. The highest BCUT2D eigenvalue weighted by molar-refractivity contribution is 7.90. The van der Waals surface area contributed by atoms with Gasteiger partial charge in [-0.2, -0.15) is 8.78 Å². The number of urea groups is 1. The number of sulfone groups is 1. The zero-order valence-electron chi connectivity index (χ0n) is 22.4. The van der Waals surface area contributed by atoms with Crippen molar-refractivity contribution in [2.45, 2.75) is 37.8 Å². The van der Waals surface area contributed by atoms with Gasteiger partial charge in [0.05, 0.1) is 36.7 Å². The van der Waals surface area contributed by atoms with Crippen LogP contribution in [0, 0.1) is 5.92 Å². The Hall–Kier alpha value is -3.91. The third-order valence-corrected chi connectivity index (χ3v) is 8.11. The minimum atomic E-state index is -4.24. The van der Waals surface area contributed by atoms with E-state index in [2.05, 4.69) is 10.1 Å². The molecule has 41 heavy (non-hydrogen) atoms. The summed E-state index contributed by atoms with van der Waals surface area (Å²) in [6, 6.07) is 10.9. The second-order valence-electron chi connectivity index (χ2n) is 9.96. The van der Waals surface area contributed by atoms with Gasteiger partial charge in [0.1, 0.15) is 11.3 Å². The van der Waals surface area contributed by atoms with Crippen LogP contribution in [-0.4, -0.2) is 80.5 Å². The van der Waals surface area contributed by atoms with Gasteiger partial charge in [-0.25, -0.2) is 13.2 Å². The van der Waals surface area contributed by atoms with Gasteiger partial charge in [-0.15, -0.1) is 0 Å². The molecule has 2 aromatic carbocycles. The van der Waals surface area contributed by atoms with Crippen LogP contribution in [0.3, 0.4) is 0 Å². The maximum Gasteiger partial charge on any atom is 0.387 e. The van der Waals surface area contributed by atoms with Gasteiger partial charge in [-0.05, 0) is 19.9 Å². The molecule has 1 fully saturated rings. The number of hydrogen-bond donors (Lipinski definition) is 2. The second kappa shape index (κ2) is 13.2. The van der Waals surface area contributed by atoms with Crippen LogP contribution < -0.4 is 15.8 Å². The Labute approximate surface area is 235 Å². The van der Waals surface area contributed by atoms with E-state index in [-0.39, 0.29) is 36.6 Å². The lowest BCUT2D eigenvalue weighted by Crippen LogP contribution is -2.61. The van der Waals surface area contributed by atoms with Gasteiger partial charge < -0.3 is 25.4 Å². The highest BCUT2D eigenvalue weighted by Crippen LogP contribution is 2.26. The van der Waals surface area contributed by atoms with Gasteiger partial charge >= 0.3 is 12.6 Å². The molecule has 0 radical (unpaired) electrons. The zero-order chi connectivity index (χ0) is 30.4. The largest absolute Gasteiger partial charge is 0.435 e. The number of halogens is 2. The van der Waals surface area contributed by atoms with Crippen LogP contribution in [0.2, 0.25) is 0 Å². The normalized spacial score (nSPS) is 16.6. The van der Waals surface area contributed by atoms with Gasteiger partial charge in [0.2, 0.25) is 17.5 Å². The molecule has 1 saturated heterocycles. The van der Waals surface area contributed by atoms with Gasteiger partial charge in [0.15, 0.2) is 9.84 Å². The maximum absolute atomic E-state index is 13.6. The molecule has 222 valence electrons. The van der Waals surface area contributed by atoms with E-state index >= 15 is 0 Å². The van der Waals surface area contributed by atoms with Crippen molar-refractivity contribution in [3.05, 3.63) is 65.7 Å². The van der Waals surface area contributed by atoms with E-state index in [1.54, 1.807) is 18.2 Å². The fourth-order valence-electron chi connectivity index (χ4n) is 4.46. The Bertz CT molecular complexity index is 1390. The summed E-state index contributed by atoms with van der Waals surface area (Å²) in [7, 11) is -4.24. The molecule has 3 amide bonds. The summed E-state index contributed by atoms with van der Waals surface area (Å²) in [5.41, 5.74) is 3.76. The van der Waals surface area contributed by atoms with Crippen LogP contribution in [0.15, 0.2) is 54.6 Å². The first-order chi connectivity index (χ1) is 19.2. The number of ketones is 2. The smallest absolute Gasteiger partial charge is 0.387 e. The molecular weight excluding hydrogens is 564 g/mol. The lowest BCUT2D eigenvalue weighted by Gasteiger charge is -2.39. The van der Waals surface area contributed by atoms with Gasteiger partial charge in [0.25, 0.3) is 0 Å². The molecule has 3 N–H and O–H groups in total. The van der Waals surface area contributed by atoms with Crippen LogP contribution in [0.25, 0.3) is 0 Å². The molecule has 2 atom stereocenters. The number of nitrogens with two attached hydrogens (primary N) is 1. The summed E-state index contributed by atoms with van der Waals surface area (Å²) >= 11 is 0. The van der Waals surface area contributed by atoms with E-state index in [0.717, 1.165) is 4.90 Å². The van der Waals surface area contributed by atoms with Crippen LogP contribution in [0.1, 0.15) is 29.8 Å². The van der Waals surface area contributed by atoms with E-state index < -0.39 is 69.0 Å². The molecule has 0 spiro atoms. The number of nitrogens with one attached hydrogen (secondary N) is 1. The third kappa shape index (κ3) is 8.30. The van der Waals surface area contributed by atoms with Gasteiger partial charge in [-0.1, -0.05) is 48.5 Å². The summed E-state index contributed by atoms with van der Waals surface area (Å²) in [4.78, 5) is 52.7. The number of hydrogen-bond acceptors (Lipinski definition) is 8. The standard InChI is InChI=1S/C27H31F2N3O8S/c1-27(2,23(34)22(33)17-8-4-3-5-9-17)31-24(35)19(20-14-39-13-12-32(20)26(30)36)16-41(37,38)15-18-10-6-7-11-21(18)40-25(28)29/h3-11,19-20,25H,12-16H2,1-2H3,(H2,30,36)(H,31,35). The zero-order valence-corrected chi connectivity index (χ0v) is 23.2. The average Bonchev–Trinajstić information content (AvgIpc) is 2.91. The third-order valence-electron chi connectivity index (χ3n) is 6.49. The van der Waals surface area contributed by atoms with Crippen LogP contribution in [-0.2, 0) is 29.9 Å². The number of para-hydroxylation sites is 1. The molecule has 0 bridgehead atoms. The first-order valence-electron chi connectivity index (χ1n) is 12.5. The predicted molar refractivity (Wildman–Crippen MR) is 143 cm³/mol. The predicted octanol–water partition coefficient (Wildman–Crippen LogP) is 1.95. The molecule has 14 heteroatoms. The van der Waals surface area contributed by atoms with E-state index in [1.807, 2.05) is 0 Å². The topological polar surface area (TPSA) is 162 Å². The van der Waals surface area contributed by atoms with E-state index in [0.29, 0.717) is 0 Å². The van der Waals surface area contributed by atoms with Crippen LogP contribution in [0.4, 0.5) is 13.6 Å². The van der Waals surface area contributed by atoms with Crippen molar-refractivity contribution in [2.75, 3.05) is 25.5 Å². The van der Waals surface area contributed by atoms with Crippen molar-refractivity contribution in [1.29, 1.82) is 0 Å². The number of carbonyl (C=O) groups is 4. The fourth-order valence-corrected chi connectivity index (χ4v) is 6.21. The highest BCUT2D eigenvalue weighted by Gasteiger charge is 2.43. The number of amides is 3. The molecule has 2 aromatic rings. The van der Waals surface area contributed by atoms with Gasteiger partial charge in [0, 0.05) is 17.7 Å². The molecule has 1 aliphatic heterocycles. The van der Waals surface area contributed by atoms with Crippen molar-refractivity contribution in [3.63, 3.8) is 0 Å². The number of morpholine rings is 1. The van der Waals surface area contributed by atoms with Crippen molar-refractivity contribution in [2.24, 2.45) is 11.7 Å². The molecule has 1 heterocycles.